The molecular formula is C20H21NO7S. The van der Waals surface area contributed by atoms with Crippen LogP contribution in [0.15, 0.2) is 60.7 Å². The normalized spacial score (nSPS) is 37.8. The molecule has 1 unspecified atom stereocenters. The monoisotopic (exact) mass is 419 g/mol. The van der Waals surface area contributed by atoms with Crippen molar-refractivity contribution in [2.45, 2.75) is 42.4 Å². The molecule has 3 aliphatic rings. The topological polar surface area (TPSA) is 103 Å². The van der Waals surface area contributed by atoms with Crippen LogP contribution in [0.3, 0.4) is 0 Å². The molecule has 0 aliphatic carbocycles. The van der Waals surface area contributed by atoms with Crippen LogP contribution in [0.2, 0.25) is 0 Å². The molecule has 2 aromatic rings. The van der Waals surface area contributed by atoms with E-state index in [1.165, 1.54) is 0 Å². The third-order valence-electron chi connectivity index (χ3n) is 5.50. The van der Waals surface area contributed by atoms with E-state index in [0.29, 0.717) is 0 Å². The molecule has 6 atom stereocenters. The first-order valence-electron chi connectivity index (χ1n) is 9.36. The second-order valence-corrected chi connectivity index (χ2v) is 9.22. The number of fused-ring (bicyclic) bond motifs is 3. The van der Waals surface area contributed by atoms with Gasteiger partial charge in [0.25, 0.3) is 0 Å². The molecule has 3 heterocycles. The molecule has 0 bridgehead atoms. The van der Waals surface area contributed by atoms with Crippen molar-refractivity contribution < 1.29 is 32.5 Å². The molecule has 2 N–H and O–H groups in total. The summed E-state index contributed by atoms with van der Waals surface area (Å²) in [5, 5.41) is 11.2. The Labute approximate surface area is 168 Å². The van der Waals surface area contributed by atoms with Gasteiger partial charge in [-0.3, -0.25) is 0 Å². The van der Waals surface area contributed by atoms with E-state index < -0.39 is 45.8 Å². The van der Waals surface area contributed by atoms with Crippen molar-refractivity contribution in [3.05, 3.63) is 71.8 Å². The van der Waals surface area contributed by atoms with E-state index in [9.17, 15) is 13.5 Å². The fraction of sp³-hybridized carbons (Fsp3) is 0.400. The van der Waals surface area contributed by atoms with Crippen LogP contribution in [-0.4, -0.2) is 49.6 Å². The van der Waals surface area contributed by atoms with E-state index in [2.05, 4.69) is 4.72 Å². The molecular weight excluding hydrogens is 398 g/mol. The minimum Gasteiger partial charge on any atom is -0.370 e. The van der Waals surface area contributed by atoms with Crippen molar-refractivity contribution >= 4 is 10.0 Å². The zero-order valence-electron chi connectivity index (χ0n) is 15.4. The average molecular weight is 419 g/mol. The van der Waals surface area contributed by atoms with Gasteiger partial charge in [-0.25, -0.2) is 13.1 Å². The number of rotatable bonds is 4. The van der Waals surface area contributed by atoms with Crippen molar-refractivity contribution in [1.82, 2.24) is 4.72 Å². The summed E-state index contributed by atoms with van der Waals surface area (Å²) in [6, 6.07) is 17.6. The van der Waals surface area contributed by atoms with Gasteiger partial charge in [0.05, 0.1) is 13.2 Å². The third-order valence-corrected chi connectivity index (χ3v) is 7.41. The molecule has 0 amide bonds. The molecule has 5 rings (SSSR count). The standard InChI is InChI=1S/C20H21NO7S/c22-20-16(21-29(20,23)24)19(25-11-13-7-3-1-4-8-13)27-15-12-26-18(28-17(15)20)14-9-5-2-6-10-14/h1-10,15-19,21-22H,11-12H2/t15-,16+,17-,18?,19-,20+/m1/s1. The number of benzene rings is 2. The van der Waals surface area contributed by atoms with E-state index in [1.54, 1.807) is 0 Å². The minimum atomic E-state index is -4.01. The maximum absolute atomic E-state index is 12.5. The van der Waals surface area contributed by atoms with Crippen molar-refractivity contribution in [1.29, 1.82) is 0 Å². The number of nitrogens with one attached hydrogen (secondary N) is 1. The maximum Gasteiger partial charge on any atom is 0.246 e. The van der Waals surface area contributed by atoms with Crippen molar-refractivity contribution in [2.24, 2.45) is 0 Å². The number of sulfonamides is 1. The van der Waals surface area contributed by atoms with Crippen molar-refractivity contribution in [3.8, 4) is 0 Å². The summed E-state index contributed by atoms with van der Waals surface area (Å²) in [4.78, 5) is -2.16. The lowest BCUT2D eigenvalue weighted by Gasteiger charge is -2.58. The van der Waals surface area contributed by atoms with Gasteiger partial charge in [-0.1, -0.05) is 60.7 Å². The third kappa shape index (κ3) is 3.10. The first-order valence-corrected chi connectivity index (χ1v) is 10.8. The van der Waals surface area contributed by atoms with E-state index in [4.69, 9.17) is 18.9 Å². The molecule has 29 heavy (non-hydrogen) atoms. The summed E-state index contributed by atoms with van der Waals surface area (Å²) < 4.78 is 50.7. The summed E-state index contributed by atoms with van der Waals surface area (Å²) in [6.07, 6.45) is -3.64. The summed E-state index contributed by atoms with van der Waals surface area (Å²) in [6.45, 7) is 0.283. The number of hydrogen-bond donors (Lipinski definition) is 2. The first kappa shape index (κ1) is 19.1. The number of aliphatic hydroxyl groups is 1. The Morgan fingerprint density at radius 3 is 2.45 bits per heavy atom. The van der Waals surface area contributed by atoms with Gasteiger partial charge < -0.3 is 24.1 Å². The zero-order valence-corrected chi connectivity index (χ0v) is 16.2. The highest BCUT2D eigenvalue weighted by Crippen LogP contribution is 2.46. The first-order chi connectivity index (χ1) is 14.0. The molecule has 0 radical (unpaired) electrons. The Hall–Kier alpha value is -1.85. The van der Waals surface area contributed by atoms with Gasteiger partial charge in [-0.05, 0) is 5.56 Å². The molecule has 2 aromatic carbocycles. The van der Waals surface area contributed by atoms with Gasteiger partial charge in [0.1, 0.15) is 18.2 Å². The largest absolute Gasteiger partial charge is 0.370 e. The number of hydrogen-bond acceptors (Lipinski definition) is 7. The summed E-state index contributed by atoms with van der Waals surface area (Å²) in [5.74, 6) is 0. The maximum atomic E-state index is 12.5. The summed E-state index contributed by atoms with van der Waals surface area (Å²) in [7, 11) is -4.01. The van der Waals surface area contributed by atoms with Gasteiger partial charge in [0.2, 0.25) is 15.0 Å². The van der Waals surface area contributed by atoms with Crippen LogP contribution in [0.5, 0.6) is 0 Å². The molecule has 3 saturated heterocycles. The van der Waals surface area contributed by atoms with Crippen molar-refractivity contribution in [2.75, 3.05) is 6.61 Å². The Kier molecular flexibility index (Phi) is 4.71. The fourth-order valence-corrected chi connectivity index (χ4v) is 5.61. The summed E-state index contributed by atoms with van der Waals surface area (Å²) in [5.41, 5.74) is 1.64. The highest BCUT2D eigenvalue weighted by atomic mass is 32.2. The van der Waals surface area contributed by atoms with E-state index in [1.807, 2.05) is 60.7 Å². The van der Waals surface area contributed by atoms with Crippen LogP contribution < -0.4 is 4.72 Å². The molecule has 0 spiro atoms. The molecule has 9 heteroatoms. The smallest absolute Gasteiger partial charge is 0.246 e. The zero-order chi connectivity index (χ0) is 20.1. The van der Waals surface area contributed by atoms with E-state index in [-0.39, 0.29) is 13.2 Å². The lowest BCUT2D eigenvalue weighted by Crippen LogP contribution is -2.85. The molecule has 3 aliphatic heterocycles. The lowest BCUT2D eigenvalue weighted by molar-refractivity contribution is -0.358. The average Bonchev–Trinajstić information content (AvgIpc) is 2.75. The molecule has 0 saturated carbocycles. The quantitative estimate of drug-likeness (QED) is 0.763. The highest BCUT2D eigenvalue weighted by Gasteiger charge is 2.73. The van der Waals surface area contributed by atoms with Gasteiger partial charge in [-0.2, -0.15) is 0 Å². The fourth-order valence-electron chi connectivity index (χ4n) is 3.96. The second kappa shape index (κ2) is 7.13. The van der Waals surface area contributed by atoms with Crippen LogP contribution in [-0.2, 0) is 35.6 Å². The van der Waals surface area contributed by atoms with Crippen LogP contribution in [0, 0.1) is 0 Å². The Bertz CT molecular complexity index is 971. The van der Waals surface area contributed by atoms with Gasteiger partial charge in [0.15, 0.2) is 12.6 Å². The second-order valence-electron chi connectivity index (χ2n) is 7.32. The number of ether oxygens (including phenoxy) is 4. The Balaban J connectivity index is 1.37. The lowest BCUT2D eigenvalue weighted by atomic mass is 9.95. The minimum absolute atomic E-state index is 0.0694. The SMILES string of the molecule is O=S1(=O)N[C@H]2[C@H](OCc3ccccc3)O[C@@H]3COC(c4ccccc4)O[C@H]3[C@]21O. The van der Waals surface area contributed by atoms with E-state index >= 15 is 0 Å². The predicted molar refractivity (Wildman–Crippen MR) is 101 cm³/mol. The van der Waals surface area contributed by atoms with Crippen molar-refractivity contribution in [3.63, 3.8) is 0 Å². The molecule has 3 fully saturated rings. The molecule has 0 aromatic heterocycles. The predicted octanol–water partition coefficient (Wildman–Crippen LogP) is 1.03. The van der Waals surface area contributed by atoms with Crippen LogP contribution in [0.25, 0.3) is 0 Å². The summed E-state index contributed by atoms with van der Waals surface area (Å²) >= 11 is 0. The van der Waals surface area contributed by atoms with Gasteiger partial charge >= 0.3 is 0 Å². The van der Waals surface area contributed by atoms with Crippen LogP contribution in [0.1, 0.15) is 17.4 Å². The van der Waals surface area contributed by atoms with Crippen LogP contribution in [0.4, 0.5) is 0 Å². The van der Waals surface area contributed by atoms with Gasteiger partial charge in [-0.15, -0.1) is 0 Å². The van der Waals surface area contributed by atoms with Gasteiger partial charge in [0, 0.05) is 5.56 Å². The molecule has 154 valence electrons. The van der Waals surface area contributed by atoms with Crippen LogP contribution >= 0.6 is 0 Å². The van der Waals surface area contributed by atoms with E-state index in [0.717, 1.165) is 11.1 Å². The molecule has 8 nitrogen and oxygen atoms in total. The Morgan fingerprint density at radius 1 is 1.07 bits per heavy atom. The Morgan fingerprint density at radius 2 is 1.76 bits per heavy atom. The highest BCUT2D eigenvalue weighted by molar-refractivity contribution is 7.92.